The van der Waals surface area contributed by atoms with Gasteiger partial charge in [-0.1, -0.05) is 18.2 Å². The Morgan fingerprint density at radius 2 is 2.00 bits per heavy atom. The number of anilines is 2. The summed E-state index contributed by atoms with van der Waals surface area (Å²) < 4.78 is 5.06. The van der Waals surface area contributed by atoms with E-state index in [1.165, 1.54) is 0 Å². The zero-order valence-corrected chi connectivity index (χ0v) is 10.7. The Kier molecular flexibility index (Phi) is 4.15. The highest BCUT2D eigenvalue weighted by Crippen LogP contribution is 2.14. The molecule has 1 amide bonds. The third-order valence-electron chi connectivity index (χ3n) is 2.64. The highest BCUT2D eigenvalue weighted by Gasteiger charge is 2.06. The molecule has 2 rings (SSSR count). The van der Waals surface area contributed by atoms with Crippen molar-refractivity contribution in [3.05, 3.63) is 59.7 Å². The fourth-order valence-electron chi connectivity index (χ4n) is 1.79. The van der Waals surface area contributed by atoms with Gasteiger partial charge in [0.25, 0.3) is 5.91 Å². The minimum Gasteiger partial charge on any atom is -0.399 e. The van der Waals surface area contributed by atoms with Crippen LogP contribution in [0.3, 0.4) is 0 Å². The molecule has 0 spiro atoms. The van der Waals surface area contributed by atoms with Gasteiger partial charge in [-0.2, -0.15) is 0 Å². The molecule has 0 aliphatic heterocycles. The molecular formula is C15H16N2O2. The third kappa shape index (κ3) is 3.56. The molecule has 0 aliphatic carbocycles. The van der Waals surface area contributed by atoms with Crippen LogP contribution in [0.2, 0.25) is 0 Å². The van der Waals surface area contributed by atoms with Gasteiger partial charge in [0.2, 0.25) is 0 Å². The summed E-state index contributed by atoms with van der Waals surface area (Å²) in [6.45, 7) is 0.516. The molecule has 19 heavy (non-hydrogen) atoms. The van der Waals surface area contributed by atoms with Gasteiger partial charge in [0.05, 0.1) is 6.61 Å². The van der Waals surface area contributed by atoms with Crippen LogP contribution in [0.15, 0.2) is 48.5 Å². The molecule has 0 fully saturated rings. The number of nitrogen functional groups attached to an aromatic ring is 1. The number of carbonyl (C=O) groups is 1. The number of nitrogens with two attached hydrogens (primary N) is 1. The second kappa shape index (κ2) is 6.02. The van der Waals surface area contributed by atoms with Crippen LogP contribution in [-0.2, 0) is 11.3 Å². The molecule has 0 bridgehead atoms. The van der Waals surface area contributed by atoms with Crippen LogP contribution in [0.1, 0.15) is 15.9 Å². The van der Waals surface area contributed by atoms with Gasteiger partial charge in [-0.25, -0.2) is 0 Å². The summed E-state index contributed by atoms with van der Waals surface area (Å²) in [7, 11) is 1.64. The van der Waals surface area contributed by atoms with Gasteiger partial charge in [-0.15, -0.1) is 0 Å². The molecule has 0 aliphatic rings. The second-order valence-corrected chi connectivity index (χ2v) is 4.21. The molecule has 2 aromatic carbocycles. The number of rotatable bonds is 4. The van der Waals surface area contributed by atoms with Crippen molar-refractivity contribution in [1.82, 2.24) is 0 Å². The SMILES string of the molecule is COCc1cccc(NC(=O)c2cccc(N)c2)c1. The quantitative estimate of drug-likeness (QED) is 0.826. The van der Waals surface area contributed by atoms with Gasteiger partial charge in [-0.05, 0) is 35.9 Å². The van der Waals surface area contributed by atoms with E-state index in [-0.39, 0.29) is 5.91 Å². The van der Waals surface area contributed by atoms with Gasteiger partial charge in [-0.3, -0.25) is 4.79 Å². The van der Waals surface area contributed by atoms with E-state index in [2.05, 4.69) is 5.32 Å². The number of ether oxygens (including phenoxy) is 1. The van der Waals surface area contributed by atoms with E-state index < -0.39 is 0 Å². The van der Waals surface area contributed by atoms with Crippen molar-refractivity contribution < 1.29 is 9.53 Å². The fraction of sp³-hybridized carbons (Fsp3) is 0.133. The number of methoxy groups -OCH3 is 1. The Labute approximate surface area is 112 Å². The van der Waals surface area contributed by atoms with E-state index in [0.29, 0.717) is 17.9 Å². The lowest BCUT2D eigenvalue weighted by molar-refractivity contribution is 0.102. The molecule has 4 heteroatoms. The lowest BCUT2D eigenvalue weighted by Crippen LogP contribution is -2.12. The Morgan fingerprint density at radius 3 is 2.74 bits per heavy atom. The lowest BCUT2D eigenvalue weighted by Gasteiger charge is -2.07. The van der Waals surface area contributed by atoms with Crippen LogP contribution in [0.25, 0.3) is 0 Å². The monoisotopic (exact) mass is 256 g/mol. The summed E-state index contributed by atoms with van der Waals surface area (Å²) >= 11 is 0. The number of carbonyl (C=O) groups excluding carboxylic acids is 1. The van der Waals surface area contributed by atoms with Crippen molar-refractivity contribution in [2.75, 3.05) is 18.2 Å². The topological polar surface area (TPSA) is 64.3 Å². The average Bonchev–Trinajstić information content (AvgIpc) is 2.39. The highest BCUT2D eigenvalue weighted by atomic mass is 16.5. The average molecular weight is 256 g/mol. The maximum atomic E-state index is 12.0. The minimum absolute atomic E-state index is 0.179. The molecule has 4 nitrogen and oxygen atoms in total. The standard InChI is InChI=1S/C15H16N2O2/c1-19-10-11-4-2-7-14(8-11)17-15(18)12-5-3-6-13(16)9-12/h2-9H,10,16H2,1H3,(H,17,18). The molecule has 2 aromatic rings. The van der Waals surface area contributed by atoms with Crippen LogP contribution in [-0.4, -0.2) is 13.0 Å². The molecule has 98 valence electrons. The lowest BCUT2D eigenvalue weighted by atomic mass is 10.1. The normalized spacial score (nSPS) is 10.2. The number of hydrogen-bond acceptors (Lipinski definition) is 3. The summed E-state index contributed by atoms with van der Waals surface area (Å²) in [5.74, 6) is -0.179. The Bertz CT molecular complexity index is 582. The first kappa shape index (κ1) is 13.1. The summed E-state index contributed by atoms with van der Waals surface area (Å²) in [5, 5.41) is 2.83. The van der Waals surface area contributed by atoms with Crippen LogP contribution in [0, 0.1) is 0 Å². The van der Waals surface area contributed by atoms with Crippen molar-refractivity contribution in [2.24, 2.45) is 0 Å². The summed E-state index contributed by atoms with van der Waals surface area (Å²) in [6.07, 6.45) is 0. The first-order valence-corrected chi connectivity index (χ1v) is 5.94. The van der Waals surface area contributed by atoms with E-state index in [0.717, 1.165) is 11.3 Å². The number of benzene rings is 2. The van der Waals surface area contributed by atoms with Crippen molar-refractivity contribution in [3.8, 4) is 0 Å². The number of nitrogens with one attached hydrogen (secondary N) is 1. The first-order valence-electron chi connectivity index (χ1n) is 5.94. The Balaban J connectivity index is 2.12. The largest absolute Gasteiger partial charge is 0.399 e. The predicted octanol–water partition coefficient (Wildman–Crippen LogP) is 2.67. The molecule has 0 unspecified atom stereocenters. The Hall–Kier alpha value is -2.33. The maximum Gasteiger partial charge on any atom is 0.255 e. The molecule has 3 N–H and O–H groups in total. The molecule has 0 aromatic heterocycles. The minimum atomic E-state index is -0.179. The van der Waals surface area contributed by atoms with Gasteiger partial charge in [0.1, 0.15) is 0 Å². The van der Waals surface area contributed by atoms with Crippen LogP contribution in [0.5, 0.6) is 0 Å². The van der Waals surface area contributed by atoms with Gasteiger partial charge < -0.3 is 15.8 Å². The predicted molar refractivity (Wildman–Crippen MR) is 76.0 cm³/mol. The van der Waals surface area contributed by atoms with Gasteiger partial charge >= 0.3 is 0 Å². The summed E-state index contributed by atoms with van der Waals surface area (Å²) in [6, 6.07) is 14.4. The molecular weight excluding hydrogens is 240 g/mol. The summed E-state index contributed by atoms with van der Waals surface area (Å²) in [4.78, 5) is 12.0. The van der Waals surface area contributed by atoms with Crippen molar-refractivity contribution in [1.29, 1.82) is 0 Å². The first-order chi connectivity index (χ1) is 9.19. The zero-order chi connectivity index (χ0) is 13.7. The fourth-order valence-corrected chi connectivity index (χ4v) is 1.79. The van der Waals surface area contributed by atoms with Crippen molar-refractivity contribution in [3.63, 3.8) is 0 Å². The van der Waals surface area contributed by atoms with E-state index in [4.69, 9.17) is 10.5 Å². The van der Waals surface area contributed by atoms with E-state index >= 15 is 0 Å². The summed E-state index contributed by atoms with van der Waals surface area (Å²) in [5.41, 5.74) is 8.51. The maximum absolute atomic E-state index is 12.0. The van der Waals surface area contributed by atoms with Crippen molar-refractivity contribution >= 4 is 17.3 Å². The molecule has 0 saturated heterocycles. The molecule has 0 saturated carbocycles. The van der Waals surface area contributed by atoms with Crippen LogP contribution < -0.4 is 11.1 Å². The zero-order valence-electron chi connectivity index (χ0n) is 10.7. The smallest absolute Gasteiger partial charge is 0.255 e. The van der Waals surface area contributed by atoms with E-state index in [1.807, 2.05) is 24.3 Å². The third-order valence-corrected chi connectivity index (χ3v) is 2.64. The van der Waals surface area contributed by atoms with Crippen molar-refractivity contribution in [2.45, 2.75) is 6.61 Å². The Morgan fingerprint density at radius 1 is 1.21 bits per heavy atom. The highest BCUT2D eigenvalue weighted by molar-refractivity contribution is 6.04. The number of amides is 1. The molecule has 0 heterocycles. The van der Waals surface area contributed by atoms with E-state index in [9.17, 15) is 4.79 Å². The van der Waals surface area contributed by atoms with E-state index in [1.54, 1.807) is 31.4 Å². The van der Waals surface area contributed by atoms with Gasteiger partial charge in [0.15, 0.2) is 0 Å². The van der Waals surface area contributed by atoms with Crippen LogP contribution >= 0.6 is 0 Å². The second-order valence-electron chi connectivity index (χ2n) is 4.21. The number of hydrogen-bond donors (Lipinski definition) is 2. The van der Waals surface area contributed by atoms with Crippen LogP contribution in [0.4, 0.5) is 11.4 Å². The van der Waals surface area contributed by atoms with Gasteiger partial charge in [0, 0.05) is 24.0 Å². The molecule has 0 radical (unpaired) electrons. The molecule has 0 atom stereocenters.